The van der Waals surface area contributed by atoms with Crippen molar-refractivity contribution in [3.8, 4) is 0 Å². The SMILES string of the molecule is CCn1ccnc1Cc1ccc(N)cc1. The maximum absolute atomic E-state index is 5.64. The summed E-state index contributed by atoms with van der Waals surface area (Å²) in [6, 6.07) is 7.94. The second-order valence-electron chi connectivity index (χ2n) is 3.55. The Labute approximate surface area is 89.6 Å². The van der Waals surface area contributed by atoms with Gasteiger partial charge in [0.15, 0.2) is 0 Å². The van der Waals surface area contributed by atoms with E-state index >= 15 is 0 Å². The lowest BCUT2D eigenvalue weighted by Crippen LogP contribution is -2.01. The molecule has 0 amide bonds. The van der Waals surface area contributed by atoms with Crippen molar-refractivity contribution in [3.05, 3.63) is 48.0 Å². The minimum atomic E-state index is 0.803. The van der Waals surface area contributed by atoms with Gasteiger partial charge in [-0.05, 0) is 24.6 Å². The van der Waals surface area contributed by atoms with Gasteiger partial charge in [0.2, 0.25) is 0 Å². The number of benzene rings is 1. The Balaban J connectivity index is 2.18. The van der Waals surface area contributed by atoms with Crippen LogP contribution in [0.2, 0.25) is 0 Å². The number of hydrogen-bond donors (Lipinski definition) is 1. The van der Waals surface area contributed by atoms with E-state index in [1.165, 1.54) is 5.56 Å². The van der Waals surface area contributed by atoms with Crippen LogP contribution in [0.3, 0.4) is 0 Å². The molecule has 0 atom stereocenters. The van der Waals surface area contributed by atoms with Gasteiger partial charge in [0.1, 0.15) is 5.82 Å². The quantitative estimate of drug-likeness (QED) is 0.773. The molecule has 0 aliphatic rings. The van der Waals surface area contributed by atoms with Gasteiger partial charge in [-0.25, -0.2) is 4.98 Å². The predicted molar refractivity (Wildman–Crippen MR) is 61.6 cm³/mol. The number of nitrogens with zero attached hydrogens (tertiary/aromatic N) is 2. The van der Waals surface area contributed by atoms with Crippen molar-refractivity contribution in [1.82, 2.24) is 9.55 Å². The lowest BCUT2D eigenvalue weighted by molar-refractivity contribution is 0.712. The monoisotopic (exact) mass is 201 g/mol. The minimum absolute atomic E-state index is 0.803. The van der Waals surface area contributed by atoms with Gasteiger partial charge >= 0.3 is 0 Å². The van der Waals surface area contributed by atoms with E-state index in [0.29, 0.717) is 0 Å². The molecule has 2 N–H and O–H groups in total. The number of imidazole rings is 1. The summed E-state index contributed by atoms with van der Waals surface area (Å²) in [5.41, 5.74) is 7.68. The van der Waals surface area contributed by atoms with Gasteiger partial charge in [0.25, 0.3) is 0 Å². The number of aryl methyl sites for hydroxylation is 1. The topological polar surface area (TPSA) is 43.8 Å². The molecular formula is C12H15N3. The molecule has 0 spiro atoms. The number of nitrogens with two attached hydrogens (primary N) is 1. The van der Waals surface area contributed by atoms with E-state index in [0.717, 1.165) is 24.5 Å². The fourth-order valence-electron chi connectivity index (χ4n) is 1.61. The van der Waals surface area contributed by atoms with Crippen molar-refractivity contribution in [3.63, 3.8) is 0 Å². The number of hydrogen-bond acceptors (Lipinski definition) is 2. The normalized spacial score (nSPS) is 10.5. The zero-order valence-electron chi connectivity index (χ0n) is 8.85. The Hall–Kier alpha value is -1.77. The average molecular weight is 201 g/mol. The lowest BCUT2D eigenvalue weighted by atomic mass is 10.1. The van der Waals surface area contributed by atoms with Crippen LogP contribution >= 0.6 is 0 Å². The van der Waals surface area contributed by atoms with Crippen molar-refractivity contribution >= 4 is 5.69 Å². The van der Waals surface area contributed by atoms with E-state index in [1.807, 2.05) is 36.7 Å². The summed E-state index contributed by atoms with van der Waals surface area (Å²) >= 11 is 0. The molecule has 78 valence electrons. The summed E-state index contributed by atoms with van der Waals surface area (Å²) in [5.74, 6) is 1.10. The summed E-state index contributed by atoms with van der Waals surface area (Å²) in [7, 11) is 0. The molecule has 3 heteroatoms. The van der Waals surface area contributed by atoms with Crippen molar-refractivity contribution in [1.29, 1.82) is 0 Å². The van der Waals surface area contributed by atoms with E-state index in [-0.39, 0.29) is 0 Å². The second-order valence-corrected chi connectivity index (χ2v) is 3.55. The van der Waals surface area contributed by atoms with Crippen molar-refractivity contribution < 1.29 is 0 Å². The smallest absolute Gasteiger partial charge is 0.113 e. The highest BCUT2D eigenvalue weighted by Gasteiger charge is 2.02. The molecule has 1 aromatic heterocycles. The van der Waals surface area contributed by atoms with E-state index in [1.54, 1.807) is 0 Å². The Morgan fingerprint density at radius 2 is 2.00 bits per heavy atom. The number of nitrogen functional groups attached to an aromatic ring is 1. The third-order valence-electron chi connectivity index (χ3n) is 2.48. The third-order valence-corrected chi connectivity index (χ3v) is 2.48. The van der Waals surface area contributed by atoms with Gasteiger partial charge in [-0.2, -0.15) is 0 Å². The summed E-state index contributed by atoms with van der Waals surface area (Å²) in [6.07, 6.45) is 4.71. The van der Waals surface area contributed by atoms with Gasteiger partial charge in [-0.3, -0.25) is 0 Å². The first-order chi connectivity index (χ1) is 7.29. The number of aromatic nitrogens is 2. The van der Waals surface area contributed by atoms with Gasteiger partial charge in [-0.15, -0.1) is 0 Å². The standard InChI is InChI=1S/C12H15N3/c1-2-15-8-7-14-12(15)9-10-3-5-11(13)6-4-10/h3-8H,2,9,13H2,1H3. The van der Waals surface area contributed by atoms with Gasteiger partial charge in [-0.1, -0.05) is 12.1 Å². The summed E-state index contributed by atoms with van der Waals surface area (Å²) < 4.78 is 2.15. The highest BCUT2D eigenvalue weighted by molar-refractivity contribution is 5.39. The molecular weight excluding hydrogens is 186 g/mol. The molecule has 2 rings (SSSR count). The van der Waals surface area contributed by atoms with Gasteiger partial charge in [0.05, 0.1) is 0 Å². The first kappa shape index (κ1) is 9.77. The van der Waals surface area contributed by atoms with Crippen molar-refractivity contribution in [2.75, 3.05) is 5.73 Å². The van der Waals surface area contributed by atoms with Crippen molar-refractivity contribution in [2.24, 2.45) is 0 Å². The molecule has 2 aromatic rings. The van der Waals surface area contributed by atoms with Crippen LogP contribution in [0.1, 0.15) is 18.3 Å². The fraction of sp³-hybridized carbons (Fsp3) is 0.250. The lowest BCUT2D eigenvalue weighted by Gasteiger charge is -2.04. The van der Waals surface area contributed by atoms with Crippen LogP contribution in [0.4, 0.5) is 5.69 Å². The van der Waals surface area contributed by atoms with Gasteiger partial charge in [0, 0.05) is 31.0 Å². The minimum Gasteiger partial charge on any atom is -0.399 e. The highest BCUT2D eigenvalue weighted by Crippen LogP contribution is 2.10. The maximum atomic E-state index is 5.64. The Morgan fingerprint density at radius 1 is 1.27 bits per heavy atom. The van der Waals surface area contributed by atoms with E-state index in [4.69, 9.17) is 5.73 Å². The molecule has 0 radical (unpaired) electrons. The van der Waals surface area contributed by atoms with Crippen molar-refractivity contribution in [2.45, 2.75) is 19.9 Å². The second kappa shape index (κ2) is 4.17. The fourth-order valence-corrected chi connectivity index (χ4v) is 1.61. The van der Waals surface area contributed by atoms with E-state index < -0.39 is 0 Å². The van der Waals surface area contributed by atoms with E-state index in [9.17, 15) is 0 Å². The molecule has 1 aromatic carbocycles. The zero-order chi connectivity index (χ0) is 10.7. The van der Waals surface area contributed by atoms with Crippen LogP contribution in [0.25, 0.3) is 0 Å². The molecule has 0 aliphatic carbocycles. The molecule has 3 nitrogen and oxygen atoms in total. The van der Waals surface area contributed by atoms with Gasteiger partial charge < -0.3 is 10.3 Å². The summed E-state index contributed by atoms with van der Waals surface area (Å²) in [6.45, 7) is 3.08. The predicted octanol–water partition coefficient (Wildman–Crippen LogP) is 2.08. The van der Waals surface area contributed by atoms with Crippen LogP contribution < -0.4 is 5.73 Å². The van der Waals surface area contributed by atoms with Crippen LogP contribution in [-0.2, 0) is 13.0 Å². The number of rotatable bonds is 3. The zero-order valence-corrected chi connectivity index (χ0v) is 8.85. The van der Waals surface area contributed by atoms with Crippen LogP contribution in [0.15, 0.2) is 36.7 Å². The molecule has 0 fully saturated rings. The third kappa shape index (κ3) is 2.18. The van der Waals surface area contributed by atoms with Crippen LogP contribution in [-0.4, -0.2) is 9.55 Å². The molecule has 0 saturated heterocycles. The summed E-state index contributed by atoms with van der Waals surface area (Å²) in [4.78, 5) is 4.34. The van der Waals surface area contributed by atoms with E-state index in [2.05, 4.69) is 16.5 Å². The van der Waals surface area contributed by atoms with Crippen LogP contribution in [0.5, 0.6) is 0 Å². The highest BCUT2D eigenvalue weighted by atomic mass is 15.0. The molecule has 0 saturated carbocycles. The summed E-state index contributed by atoms with van der Waals surface area (Å²) in [5, 5.41) is 0. The first-order valence-electron chi connectivity index (χ1n) is 5.14. The molecule has 0 bridgehead atoms. The Kier molecular flexibility index (Phi) is 2.72. The molecule has 0 unspecified atom stereocenters. The Bertz CT molecular complexity index is 428. The van der Waals surface area contributed by atoms with Crippen LogP contribution in [0, 0.1) is 0 Å². The molecule has 15 heavy (non-hydrogen) atoms. The first-order valence-corrected chi connectivity index (χ1v) is 5.14. The largest absolute Gasteiger partial charge is 0.399 e. The molecule has 0 aliphatic heterocycles. The average Bonchev–Trinajstić information content (AvgIpc) is 2.69. The molecule has 1 heterocycles. The Morgan fingerprint density at radius 3 is 2.67 bits per heavy atom. The maximum Gasteiger partial charge on any atom is 0.113 e. The number of anilines is 1.